The Labute approximate surface area is 111 Å². The second-order valence-corrected chi connectivity index (χ2v) is 4.57. The van der Waals surface area contributed by atoms with Crippen LogP contribution in [-0.2, 0) is 0 Å². The smallest absolute Gasteiger partial charge is 0.323 e. The highest BCUT2D eigenvalue weighted by Gasteiger charge is 2.04. The lowest BCUT2D eigenvalue weighted by Gasteiger charge is -2.07. The number of rotatable bonds is 9. The van der Waals surface area contributed by atoms with Gasteiger partial charge >= 0.3 is 6.01 Å². The number of aromatic nitrogens is 3. The van der Waals surface area contributed by atoms with Crippen molar-refractivity contribution < 1.29 is 9.84 Å². The molecule has 0 unspecified atom stereocenters. The zero-order valence-electron chi connectivity index (χ0n) is 10.4. The lowest BCUT2D eigenvalue weighted by atomic mass is 10.5. The van der Waals surface area contributed by atoms with Gasteiger partial charge in [0.25, 0.3) is 0 Å². The van der Waals surface area contributed by atoms with Crippen molar-refractivity contribution in [2.24, 2.45) is 0 Å². The van der Waals surface area contributed by atoms with E-state index >= 15 is 0 Å². The number of hydrogen-bond acceptors (Lipinski definition) is 8. The minimum Gasteiger partial charge on any atom is -0.464 e. The van der Waals surface area contributed by atoms with Crippen molar-refractivity contribution in [3.05, 3.63) is 0 Å². The molecule has 0 amide bonds. The number of anilines is 2. The van der Waals surface area contributed by atoms with Crippen LogP contribution in [0.2, 0.25) is 0 Å². The Balaban J connectivity index is 2.32. The summed E-state index contributed by atoms with van der Waals surface area (Å²) in [6, 6.07) is 0.237. The predicted molar refractivity (Wildman–Crippen MR) is 72.9 cm³/mol. The first-order chi connectivity index (χ1) is 8.76. The molecule has 0 bridgehead atoms. The van der Waals surface area contributed by atoms with Gasteiger partial charge in [-0.2, -0.15) is 26.7 Å². The minimum absolute atomic E-state index is 0.142. The molecule has 1 aromatic rings. The molecule has 0 saturated carbocycles. The highest BCUT2D eigenvalue weighted by atomic mass is 32.2. The van der Waals surface area contributed by atoms with E-state index in [0.717, 1.165) is 24.5 Å². The summed E-state index contributed by atoms with van der Waals surface area (Å²) in [5.74, 6) is 2.43. The molecule has 0 radical (unpaired) electrons. The van der Waals surface area contributed by atoms with Crippen LogP contribution in [0.1, 0.15) is 13.3 Å². The maximum atomic E-state index is 8.63. The summed E-state index contributed by atoms with van der Waals surface area (Å²) in [6.07, 6.45) is 0.817. The standard InChI is InChI=1S/C10H19N5O2S/c1-2-17-10-14-8(11)13-9(15-10)12-4-7-18-6-3-5-16/h16H,2-7H2,1H3,(H3,11,12,13,14,15). The number of nitrogens with two attached hydrogens (primary N) is 1. The van der Waals surface area contributed by atoms with Gasteiger partial charge < -0.3 is 20.9 Å². The zero-order chi connectivity index (χ0) is 13.2. The quantitative estimate of drug-likeness (QED) is 0.554. The molecule has 8 heteroatoms. The van der Waals surface area contributed by atoms with E-state index in [2.05, 4.69) is 20.3 Å². The van der Waals surface area contributed by atoms with Crippen LogP contribution in [-0.4, -0.2) is 51.3 Å². The summed E-state index contributed by atoms with van der Waals surface area (Å²) in [5.41, 5.74) is 5.54. The van der Waals surface area contributed by atoms with Crippen molar-refractivity contribution >= 4 is 23.7 Å². The molecular formula is C10H19N5O2S. The van der Waals surface area contributed by atoms with Gasteiger partial charge in [-0.15, -0.1) is 0 Å². The van der Waals surface area contributed by atoms with E-state index in [4.69, 9.17) is 15.6 Å². The molecule has 0 fully saturated rings. The fraction of sp³-hybridized carbons (Fsp3) is 0.700. The molecule has 4 N–H and O–H groups in total. The fourth-order valence-corrected chi connectivity index (χ4v) is 1.93. The molecule has 0 aromatic carbocycles. The third-order valence-corrected chi connectivity index (χ3v) is 2.95. The fourth-order valence-electron chi connectivity index (χ4n) is 1.15. The number of nitrogens with zero attached hydrogens (tertiary/aromatic N) is 3. The Morgan fingerprint density at radius 1 is 1.33 bits per heavy atom. The SMILES string of the molecule is CCOc1nc(N)nc(NCCSCCCO)n1. The monoisotopic (exact) mass is 273 g/mol. The number of aliphatic hydroxyl groups excluding tert-OH is 1. The van der Waals surface area contributed by atoms with E-state index in [1.54, 1.807) is 11.8 Å². The Bertz CT molecular complexity index is 353. The van der Waals surface area contributed by atoms with Gasteiger partial charge in [0.2, 0.25) is 11.9 Å². The van der Waals surface area contributed by atoms with E-state index < -0.39 is 0 Å². The Hall–Kier alpha value is -1.28. The molecule has 0 atom stereocenters. The van der Waals surface area contributed by atoms with Gasteiger partial charge in [0.15, 0.2) is 0 Å². The molecule has 1 aromatic heterocycles. The lowest BCUT2D eigenvalue weighted by Crippen LogP contribution is -2.11. The third-order valence-electron chi connectivity index (χ3n) is 1.88. The predicted octanol–water partition coefficient (Wildman–Crippen LogP) is 0.380. The molecule has 1 heterocycles. The Morgan fingerprint density at radius 2 is 2.17 bits per heavy atom. The summed E-state index contributed by atoms with van der Waals surface area (Å²) in [7, 11) is 0. The van der Waals surface area contributed by atoms with Crippen molar-refractivity contribution in [1.82, 2.24) is 15.0 Å². The topological polar surface area (TPSA) is 106 Å². The molecule has 0 aliphatic carbocycles. The van der Waals surface area contributed by atoms with Gasteiger partial charge in [-0.05, 0) is 19.1 Å². The average Bonchev–Trinajstić information content (AvgIpc) is 2.33. The molecule has 7 nitrogen and oxygen atoms in total. The van der Waals surface area contributed by atoms with E-state index in [0.29, 0.717) is 12.6 Å². The van der Waals surface area contributed by atoms with Gasteiger partial charge in [-0.3, -0.25) is 0 Å². The first-order valence-corrected chi connectivity index (χ1v) is 6.98. The van der Waals surface area contributed by atoms with Crippen molar-refractivity contribution in [2.45, 2.75) is 13.3 Å². The molecule has 0 saturated heterocycles. The minimum atomic E-state index is 0.142. The number of nitrogen functional groups attached to an aromatic ring is 1. The maximum Gasteiger partial charge on any atom is 0.323 e. The van der Waals surface area contributed by atoms with Crippen molar-refractivity contribution in [2.75, 3.05) is 42.3 Å². The summed E-state index contributed by atoms with van der Waals surface area (Å²) >= 11 is 1.76. The number of hydrogen-bond donors (Lipinski definition) is 3. The molecule has 18 heavy (non-hydrogen) atoms. The largest absolute Gasteiger partial charge is 0.464 e. The van der Waals surface area contributed by atoms with Crippen molar-refractivity contribution in [1.29, 1.82) is 0 Å². The van der Waals surface area contributed by atoms with Gasteiger partial charge in [0, 0.05) is 18.9 Å². The number of nitrogens with one attached hydrogen (secondary N) is 1. The summed E-state index contributed by atoms with van der Waals surface area (Å²) in [6.45, 7) is 3.30. The van der Waals surface area contributed by atoms with Crippen LogP contribution in [0.25, 0.3) is 0 Å². The zero-order valence-corrected chi connectivity index (χ0v) is 11.2. The first kappa shape index (κ1) is 14.8. The molecule has 0 aliphatic heterocycles. The third kappa shape index (κ3) is 5.87. The summed E-state index contributed by atoms with van der Waals surface area (Å²) in [5, 5.41) is 11.7. The van der Waals surface area contributed by atoms with E-state index in [-0.39, 0.29) is 18.6 Å². The normalized spacial score (nSPS) is 10.3. The van der Waals surface area contributed by atoms with E-state index in [1.165, 1.54) is 0 Å². The Kier molecular flexibility index (Phi) is 7.19. The van der Waals surface area contributed by atoms with Crippen LogP contribution in [0, 0.1) is 0 Å². The average molecular weight is 273 g/mol. The number of ether oxygens (including phenoxy) is 1. The first-order valence-electron chi connectivity index (χ1n) is 5.83. The summed E-state index contributed by atoms with van der Waals surface area (Å²) in [4.78, 5) is 11.9. The van der Waals surface area contributed by atoms with Crippen LogP contribution in [0.5, 0.6) is 6.01 Å². The van der Waals surface area contributed by atoms with Crippen LogP contribution >= 0.6 is 11.8 Å². The molecular weight excluding hydrogens is 254 g/mol. The molecule has 102 valence electrons. The summed E-state index contributed by atoms with van der Waals surface area (Å²) < 4.78 is 5.17. The molecule has 1 rings (SSSR count). The van der Waals surface area contributed by atoms with Crippen LogP contribution < -0.4 is 15.8 Å². The van der Waals surface area contributed by atoms with Gasteiger partial charge in [-0.25, -0.2) is 0 Å². The van der Waals surface area contributed by atoms with Crippen LogP contribution in [0.3, 0.4) is 0 Å². The lowest BCUT2D eigenvalue weighted by molar-refractivity contribution is 0.296. The van der Waals surface area contributed by atoms with Crippen LogP contribution in [0.4, 0.5) is 11.9 Å². The van der Waals surface area contributed by atoms with Gasteiger partial charge in [0.1, 0.15) is 0 Å². The highest BCUT2D eigenvalue weighted by Crippen LogP contribution is 2.09. The number of aliphatic hydroxyl groups is 1. The van der Waals surface area contributed by atoms with E-state index in [9.17, 15) is 0 Å². The highest BCUT2D eigenvalue weighted by molar-refractivity contribution is 7.99. The van der Waals surface area contributed by atoms with E-state index in [1.807, 2.05) is 6.92 Å². The van der Waals surface area contributed by atoms with Crippen molar-refractivity contribution in [3.63, 3.8) is 0 Å². The number of thioether (sulfide) groups is 1. The molecule has 0 aliphatic rings. The Morgan fingerprint density at radius 3 is 2.89 bits per heavy atom. The van der Waals surface area contributed by atoms with Crippen LogP contribution in [0.15, 0.2) is 0 Å². The second-order valence-electron chi connectivity index (χ2n) is 3.35. The molecule has 0 spiro atoms. The van der Waals surface area contributed by atoms with Gasteiger partial charge in [0.05, 0.1) is 6.61 Å². The van der Waals surface area contributed by atoms with Crippen molar-refractivity contribution in [3.8, 4) is 6.01 Å². The maximum absolute atomic E-state index is 8.63. The second kappa shape index (κ2) is 8.76. The van der Waals surface area contributed by atoms with Gasteiger partial charge in [-0.1, -0.05) is 0 Å².